The Hall–Kier alpha value is -2.82. The van der Waals surface area contributed by atoms with Crippen molar-refractivity contribution < 1.29 is 9.57 Å². The molecule has 0 aliphatic carbocycles. The normalized spacial score (nSPS) is 11.6. The van der Waals surface area contributed by atoms with E-state index in [0.29, 0.717) is 12.4 Å². The molecule has 0 spiro atoms. The molecule has 2 aromatic carbocycles. The molecule has 24 heavy (non-hydrogen) atoms. The number of benzene rings is 2. The largest absolute Gasteiger partial charge is 0.489 e. The minimum atomic E-state index is 0.432. The lowest BCUT2D eigenvalue weighted by molar-refractivity contribution is 0.213. The minimum absolute atomic E-state index is 0.432. The first-order valence-corrected chi connectivity index (χ1v) is 7.70. The topological polar surface area (TPSA) is 46.4 Å². The molecule has 126 valence electrons. The predicted octanol–water partition coefficient (Wildman–Crippen LogP) is 3.47. The van der Waals surface area contributed by atoms with Crippen molar-refractivity contribution in [3.63, 3.8) is 0 Å². The maximum absolute atomic E-state index is 5.96. The molecule has 0 aliphatic heterocycles. The fourth-order valence-corrected chi connectivity index (χ4v) is 2.14. The molecular weight excluding hydrogens is 302 g/mol. The van der Waals surface area contributed by atoms with Gasteiger partial charge < -0.3 is 14.5 Å². The lowest BCUT2D eigenvalue weighted by atomic mass is 10.1. The number of para-hydroxylation sites is 1. The average molecular weight is 325 g/mol. The van der Waals surface area contributed by atoms with Crippen molar-refractivity contribution in [3.8, 4) is 5.75 Å². The van der Waals surface area contributed by atoms with E-state index in [1.807, 2.05) is 74.4 Å². The Labute approximate surface area is 143 Å². The van der Waals surface area contributed by atoms with Crippen molar-refractivity contribution in [2.75, 3.05) is 21.2 Å². The molecule has 0 unspecified atom stereocenters. The van der Waals surface area contributed by atoms with Gasteiger partial charge in [-0.1, -0.05) is 47.6 Å². The maximum atomic E-state index is 5.96. The molecule has 0 N–H and O–H groups in total. The van der Waals surface area contributed by atoms with Crippen LogP contribution < -0.4 is 4.74 Å². The molecule has 0 fully saturated rings. The number of aliphatic imine (C=N–C) groups is 1. The van der Waals surface area contributed by atoms with Gasteiger partial charge in [-0.25, -0.2) is 4.99 Å². The summed E-state index contributed by atoms with van der Waals surface area (Å²) in [7, 11) is 5.32. The van der Waals surface area contributed by atoms with Gasteiger partial charge >= 0.3 is 0 Å². The van der Waals surface area contributed by atoms with Crippen molar-refractivity contribution in [2.45, 2.75) is 13.5 Å². The molecule has 2 aromatic rings. The molecule has 0 aliphatic rings. The van der Waals surface area contributed by atoms with Gasteiger partial charge in [0.15, 0.2) is 5.84 Å². The Balaban J connectivity index is 2.25. The lowest BCUT2D eigenvalue weighted by Gasteiger charge is -2.12. The summed E-state index contributed by atoms with van der Waals surface area (Å²) in [6.07, 6.45) is 1.69. The maximum Gasteiger partial charge on any atom is 0.200 e. The second-order valence-electron chi connectivity index (χ2n) is 5.52. The molecule has 0 aromatic heterocycles. The molecule has 0 bridgehead atoms. The van der Waals surface area contributed by atoms with Gasteiger partial charge in [0, 0.05) is 25.2 Å². The van der Waals surface area contributed by atoms with Gasteiger partial charge in [-0.3, -0.25) is 0 Å². The molecule has 5 heteroatoms. The minimum Gasteiger partial charge on any atom is -0.489 e. The fraction of sp³-hybridized carbons (Fsp3) is 0.263. The van der Waals surface area contributed by atoms with E-state index in [4.69, 9.17) is 9.57 Å². The van der Waals surface area contributed by atoms with Crippen molar-refractivity contribution in [1.82, 2.24) is 4.90 Å². The Morgan fingerprint density at radius 2 is 1.79 bits per heavy atom. The van der Waals surface area contributed by atoms with Crippen molar-refractivity contribution in [2.24, 2.45) is 10.1 Å². The summed E-state index contributed by atoms with van der Waals surface area (Å²) < 4.78 is 5.96. The first-order valence-electron chi connectivity index (χ1n) is 7.70. The Morgan fingerprint density at radius 3 is 2.50 bits per heavy atom. The molecule has 5 nitrogen and oxygen atoms in total. The zero-order chi connectivity index (χ0) is 17.4. The van der Waals surface area contributed by atoms with E-state index in [1.165, 1.54) is 7.11 Å². The molecule has 0 atom stereocenters. The summed E-state index contributed by atoms with van der Waals surface area (Å²) in [6.45, 7) is 2.46. The molecule has 0 amide bonds. The van der Waals surface area contributed by atoms with E-state index in [-0.39, 0.29) is 0 Å². The first-order chi connectivity index (χ1) is 11.6. The molecule has 0 heterocycles. The summed E-state index contributed by atoms with van der Waals surface area (Å²) in [5.41, 5.74) is 2.98. The van der Waals surface area contributed by atoms with E-state index in [2.05, 4.69) is 10.1 Å². The van der Waals surface area contributed by atoms with E-state index in [0.717, 1.165) is 22.4 Å². The van der Waals surface area contributed by atoms with E-state index in [1.54, 1.807) is 6.34 Å². The molecule has 2 rings (SSSR count). The highest BCUT2D eigenvalue weighted by molar-refractivity contribution is 6.03. The number of ether oxygens (including phenoxy) is 1. The predicted molar refractivity (Wildman–Crippen MR) is 97.7 cm³/mol. The van der Waals surface area contributed by atoms with Crippen LogP contribution in [0.15, 0.2) is 58.7 Å². The molecular formula is C19H23N3O2. The second-order valence-corrected chi connectivity index (χ2v) is 5.52. The van der Waals surface area contributed by atoms with Crippen LogP contribution in [0.4, 0.5) is 0 Å². The number of aryl methyl sites for hydroxylation is 1. The first kappa shape index (κ1) is 17.5. The van der Waals surface area contributed by atoms with Gasteiger partial charge in [-0.15, -0.1) is 0 Å². The SMILES string of the molecule is CO/N=C(\N=CN(C)C)c1ccccc1COc1ccccc1C. The summed E-state index contributed by atoms with van der Waals surface area (Å²) in [5, 5.41) is 4.04. The van der Waals surface area contributed by atoms with Gasteiger partial charge in [-0.05, 0) is 18.6 Å². The van der Waals surface area contributed by atoms with Crippen molar-refractivity contribution in [1.29, 1.82) is 0 Å². The van der Waals surface area contributed by atoms with Crippen LogP contribution in [0, 0.1) is 6.92 Å². The Kier molecular flexibility index (Phi) is 6.37. The van der Waals surface area contributed by atoms with Crippen LogP contribution in [0.1, 0.15) is 16.7 Å². The highest BCUT2D eigenvalue weighted by atomic mass is 16.6. The van der Waals surface area contributed by atoms with Gasteiger partial charge in [0.2, 0.25) is 0 Å². The number of rotatable bonds is 6. The molecule has 0 saturated carbocycles. The number of amidine groups is 1. The lowest BCUT2D eigenvalue weighted by Crippen LogP contribution is -2.12. The number of hydrogen-bond acceptors (Lipinski definition) is 3. The monoisotopic (exact) mass is 325 g/mol. The third kappa shape index (κ3) is 4.84. The van der Waals surface area contributed by atoms with Gasteiger partial charge in [-0.2, -0.15) is 0 Å². The Bertz CT molecular complexity index is 724. The smallest absolute Gasteiger partial charge is 0.200 e. The summed E-state index contributed by atoms with van der Waals surface area (Å²) in [4.78, 5) is 11.2. The van der Waals surface area contributed by atoms with E-state index < -0.39 is 0 Å². The van der Waals surface area contributed by atoms with Crippen LogP contribution in [-0.2, 0) is 11.4 Å². The highest BCUT2D eigenvalue weighted by Gasteiger charge is 2.10. The van der Waals surface area contributed by atoms with Crippen LogP contribution in [0.5, 0.6) is 5.75 Å². The number of oxime groups is 1. The second kappa shape index (κ2) is 8.72. The summed E-state index contributed by atoms with van der Waals surface area (Å²) in [6, 6.07) is 15.8. The van der Waals surface area contributed by atoms with Crippen LogP contribution in [0.3, 0.4) is 0 Å². The van der Waals surface area contributed by atoms with Crippen LogP contribution >= 0.6 is 0 Å². The fourth-order valence-electron chi connectivity index (χ4n) is 2.14. The average Bonchev–Trinajstić information content (AvgIpc) is 2.58. The highest BCUT2D eigenvalue weighted by Crippen LogP contribution is 2.19. The van der Waals surface area contributed by atoms with Gasteiger partial charge in [0.25, 0.3) is 0 Å². The zero-order valence-corrected chi connectivity index (χ0v) is 14.6. The third-order valence-electron chi connectivity index (χ3n) is 3.32. The van der Waals surface area contributed by atoms with E-state index in [9.17, 15) is 0 Å². The molecule has 0 radical (unpaired) electrons. The number of nitrogens with zero attached hydrogens (tertiary/aromatic N) is 3. The van der Waals surface area contributed by atoms with Crippen LogP contribution in [0.25, 0.3) is 0 Å². The van der Waals surface area contributed by atoms with Gasteiger partial charge in [0.05, 0.1) is 6.34 Å². The van der Waals surface area contributed by atoms with E-state index >= 15 is 0 Å². The van der Waals surface area contributed by atoms with Crippen molar-refractivity contribution in [3.05, 3.63) is 65.2 Å². The third-order valence-corrected chi connectivity index (χ3v) is 3.32. The van der Waals surface area contributed by atoms with Gasteiger partial charge in [0.1, 0.15) is 19.5 Å². The zero-order valence-electron chi connectivity index (χ0n) is 14.6. The Morgan fingerprint density at radius 1 is 1.08 bits per heavy atom. The summed E-state index contributed by atoms with van der Waals surface area (Å²) >= 11 is 0. The van der Waals surface area contributed by atoms with Crippen LogP contribution in [-0.4, -0.2) is 38.3 Å². The standard InChI is InChI=1S/C19H23N3O2/c1-15-9-5-8-12-18(15)24-13-16-10-6-7-11-17(16)19(21-23-4)20-14-22(2)3/h5-12,14H,13H2,1-4H3/b20-14?,21-19-. The molecule has 0 saturated heterocycles. The summed E-state index contributed by atoms with van der Waals surface area (Å²) in [5.74, 6) is 1.38. The quantitative estimate of drug-likeness (QED) is 0.464. The number of hydrogen-bond donors (Lipinski definition) is 0. The van der Waals surface area contributed by atoms with Crippen molar-refractivity contribution >= 4 is 12.2 Å². The van der Waals surface area contributed by atoms with Crippen LogP contribution in [0.2, 0.25) is 0 Å².